The highest BCUT2D eigenvalue weighted by atomic mass is 32.2. The second-order valence-electron chi connectivity index (χ2n) is 6.37. The first-order valence-corrected chi connectivity index (χ1v) is 10.4. The van der Waals surface area contributed by atoms with Gasteiger partial charge in [0.25, 0.3) is 5.69 Å². The highest BCUT2D eigenvalue weighted by molar-refractivity contribution is 7.89. The standard InChI is InChI=1S/C21H20N2O5S/c24-23(25)20-10-12-21(13-11-20)29(26,27)22-14-17-6-8-19(9-7-17)16-28-15-18-4-2-1-3-5-18/h1-13,22H,14-16H2. The van der Waals surface area contributed by atoms with Gasteiger partial charge >= 0.3 is 0 Å². The maximum absolute atomic E-state index is 12.3. The van der Waals surface area contributed by atoms with Crippen molar-refractivity contribution in [3.63, 3.8) is 0 Å². The van der Waals surface area contributed by atoms with Gasteiger partial charge in [0.1, 0.15) is 0 Å². The number of benzene rings is 3. The molecule has 3 rings (SSSR count). The number of nitrogens with one attached hydrogen (secondary N) is 1. The molecule has 0 saturated heterocycles. The molecule has 0 bridgehead atoms. The summed E-state index contributed by atoms with van der Waals surface area (Å²) in [5.74, 6) is 0. The van der Waals surface area contributed by atoms with E-state index in [0.29, 0.717) is 13.2 Å². The zero-order valence-electron chi connectivity index (χ0n) is 15.5. The van der Waals surface area contributed by atoms with E-state index in [4.69, 9.17) is 4.74 Å². The average molecular weight is 412 g/mol. The van der Waals surface area contributed by atoms with Gasteiger partial charge in [-0.25, -0.2) is 13.1 Å². The summed E-state index contributed by atoms with van der Waals surface area (Å²) in [5, 5.41) is 10.7. The fourth-order valence-corrected chi connectivity index (χ4v) is 3.64. The molecule has 0 saturated carbocycles. The Bertz CT molecular complexity index is 1050. The van der Waals surface area contributed by atoms with Crippen molar-refractivity contribution in [1.82, 2.24) is 4.72 Å². The molecule has 0 amide bonds. The van der Waals surface area contributed by atoms with Crippen LogP contribution >= 0.6 is 0 Å². The minimum absolute atomic E-state index is 0.0194. The number of nitrogens with zero attached hydrogens (tertiary/aromatic N) is 1. The highest BCUT2D eigenvalue weighted by Crippen LogP contribution is 2.16. The van der Waals surface area contributed by atoms with Gasteiger partial charge in [0, 0.05) is 18.7 Å². The van der Waals surface area contributed by atoms with Gasteiger partial charge in [0.2, 0.25) is 10.0 Å². The van der Waals surface area contributed by atoms with Crippen molar-refractivity contribution >= 4 is 15.7 Å². The van der Waals surface area contributed by atoms with E-state index in [2.05, 4.69) is 4.72 Å². The van der Waals surface area contributed by atoms with Crippen molar-refractivity contribution < 1.29 is 18.1 Å². The molecule has 0 atom stereocenters. The minimum atomic E-state index is -3.75. The summed E-state index contributed by atoms with van der Waals surface area (Å²) in [7, 11) is -3.75. The summed E-state index contributed by atoms with van der Waals surface area (Å²) in [6.45, 7) is 1.10. The number of ether oxygens (including phenoxy) is 1. The SMILES string of the molecule is O=[N+]([O-])c1ccc(S(=O)(=O)NCc2ccc(COCc3ccccc3)cc2)cc1. The average Bonchev–Trinajstić information content (AvgIpc) is 2.74. The van der Waals surface area contributed by atoms with Crippen LogP contribution in [0.4, 0.5) is 5.69 Å². The number of non-ortho nitro benzene ring substituents is 1. The zero-order chi connectivity index (χ0) is 20.7. The van der Waals surface area contributed by atoms with Crippen LogP contribution in [0.5, 0.6) is 0 Å². The third-order valence-electron chi connectivity index (χ3n) is 4.23. The zero-order valence-corrected chi connectivity index (χ0v) is 16.3. The second kappa shape index (κ2) is 9.42. The molecule has 0 aliphatic rings. The summed E-state index contributed by atoms with van der Waals surface area (Å²) in [6, 6.07) is 22.1. The van der Waals surface area contributed by atoms with Crippen molar-refractivity contribution in [2.75, 3.05) is 0 Å². The van der Waals surface area contributed by atoms with Gasteiger partial charge in [0.15, 0.2) is 0 Å². The molecule has 0 fully saturated rings. The normalized spacial score (nSPS) is 11.3. The van der Waals surface area contributed by atoms with Gasteiger partial charge in [-0.05, 0) is 28.8 Å². The van der Waals surface area contributed by atoms with Gasteiger partial charge in [-0.15, -0.1) is 0 Å². The van der Waals surface area contributed by atoms with Gasteiger partial charge in [0.05, 0.1) is 23.0 Å². The number of hydrogen-bond donors (Lipinski definition) is 1. The largest absolute Gasteiger partial charge is 0.372 e. The van der Waals surface area contributed by atoms with Crippen LogP contribution in [0.2, 0.25) is 0 Å². The fraction of sp³-hybridized carbons (Fsp3) is 0.143. The van der Waals surface area contributed by atoms with Crippen LogP contribution in [0.1, 0.15) is 16.7 Å². The molecule has 0 spiro atoms. The Hall–Kier alpha value is -3.07. The molecule has 3 aromatic rings. The summed E-state index contributed by atoms with van der Waals surface area (Å²) < 4.78 is 32.8. The lowest BCUT2D eigenvalue weighted by molar-refractivity contribution is -0.384. The molecule has 1 N–H and O–H groups in total. The molecule has 7 nitrogen and oxygen atoms in total. The van der Waals surface area contributed by atoms with Crippen LogP contribution in [0, 0.1) is 10.1 Å². The molecule has 0 aliphatic carbocycles. The van der Waals surface area contributed by atoms with Crippen molar-refractivity contribution in [2.45, 2.75) is 24.7 Å². The van der Waals surface area contributed by atoms with Crippen molar-refractivity contribution in [1.29, 1.82) is 0 Å². The van der Waals surface area contributed by atoms with Gasteiger partial charge in [-0.3, -0.25) is 10.1 Å². The summed E-state index contributed by atoms with van der Waals surface area (Å²) >= 11 is 0. The van der Waals surface area contributed by atoms with E-state index in [9.17, 15) is 18.5 Å². The van der Waals surface area contributed by atoms with E-state index in [1.165, 1.54) is 24.3 Å². The van der Waals surface area contributed by atoms with E-state index in [1.54, 1.807) is 0 Å². The van der Waals surface area contributed by atoms with E-state index in [-0.39, 0.29) is 17.1 Å². The molecule has 0 aliphatic heterocycles. The summed E-state index contributed by atoms with van der Waals surface area (Å²) in [5.41, 5.74) is 2.73. The number of rotatable bonds is 9. The summed E-state index contributed by atoms with van der Waals surface area (Å²) in [6.07, 6.45) is 0. The van der Waals surface area contributed by atoms with Gasteiger partial charge < -0.3 is 4.74 Å². The lowest BCUT2D eigenvalue weighted by Gasteiger charge is -2.08. The van der Waals surface area contributed by atoms with Crippen LogP contribution in [-0.4, -0.2) is 13.3 Å². The van der Waals surface area contributed by atoms with E-state index < -0.39 is 14.9 Å². The Morgan fingerprint density at radius 2 is 1.34 bits per heavy atom. The highest BCUT2D eigenvalue weighted by Gasteiger charge is 2.15. The number of nitro benzene ring substituents is 1. The predicted octanol–water partition coefficient (Wildman–Crippen LogP) is 3.79. The molecule has 3 aromatic carbocycles. The third-order valence-corrected chi connectivity index (χ3v) is 5.64. The van der Waals surface area contributed by atoms with Crippen LogP contribution in [-0.2, 0) is 34.5 Å². The Morgan fingerprint density at radius 3 is 1.93 bits per heavy atom. The molecule has 8 heteroatoms. The third kappa shape index (κ3) is 5.95. The number of hydrogen-bond acceptors (Lipinski definition) is 5. The fourth-order valence-electron chi connectivity index (χ4n) is 2.62. The van der Waals surface area contributed by atoms with Crippen LogP contribution in [0.25, 0.3) is 0 Å². The Labute approximate surface area is 169 Å². The van der Waals surface area contributed by atoms with Crippen molar-refractivity contribution in [3.8, 4) is 0 Å². The molecular formula is C21H20N2O5S. The Kier molecular flexibility index (Phi) is 6.71. The lowest BCUT2D eigenvalue weighted by Crippen LogP contribution is -2.23. The topological polar surface area (TPSA) is 98.5 Å². The predicted molar refractivity (Wildman–Crippen MR) is 108 cm³/mol. The molecule has 0 heterocycles. The van der Waals surface area contributed by atoms with Crippen LogP contribution < -0.4 is 4.72 Å². The lowest BCUT2D eigenvalue weighted by atomic mass is 10.1. The van der Waals surface area contributed by atoms with E-state index >= 15 is 0 Å². The molecule has 29 heavy (non-hydrogen) atoms. The van der Waals surface area contributed by atoms with E-state index in [0.717, 1.165) is 16.7 Å². The molecule has 0 unspecified atom stereocenters. The van der Waals surface area contributed by atoms with Crippen LogP contribution in [0.3, 0.4) is 0 Å². The smallest absolute Gasteiger partial charge is 0.269 e. The number of sulfonamides is 1. The first-order valence-electron chi connectivity index (χ1n) is 8.88. The minimum Gasteiger partial charge on any atom is -0.372 e. The monoisotopic (exact) mass is 412 g/mol. The molecule has 0 aromatic heterocycles. The molecule has 0 radical (unpaired) electrons. The maximum Gasteiger partial charge on any atom is 0.269 e. The second-order valence-corrected chi connectivity index (χ2v) is 8.14. The van der Waals surface area contributed by atoms with Gasteiger partial charge in [-0.2, -0.15) is 0 Å². The first-order chi connectivity index (χ1) is 13.9. The van der Waals surface area contributed by atoms with Crippen molar-refractivity contribution in [2.24, 2.45) is 0 Å². The van der Waals surface area contributed by atoms with Crippen LogP contribution in [0.15, 0.2) is 83.8 Å². The quantitative estimate of drug-likeness (QED) is 0.426. The van der Waals surface area contributed by atoms with Gasteiger partial charge in [-0.1, -0.05) is 54.6 Å². The molecular weight excluding hydrogens is 392 g/mol. The van der Waals surface area contributed by atoms with Crippen molar-refractivity contribution in [3.05, 3.63) is 106 Å². The molecule has 150 valence electrons. The maximum atomic E-state index is 12.3. The first kappa shape index (κ1) is 20.7. The Morgan fingerprint density at radius 1 is 0.793 bits per heavy atom. The Balaban J connectivity index is 1.52. The summed E-state index contributed by atoms with van der Waals surface area (Å²) in [4.78, 5) is 10.1. The number of nitro groups is 1. The van der Waals surface area contributed by atoms with E-state index in [1.807, 2.05) is 54.6 Å².